The Morgan fingerprint density at radius 2 is 2.14 bits per heavy atom. The van der Waals surface area contributed by atoms with Gasteiger partial charge in [-0.15, -0.1) is 0 Å². The predicted molar refractivity (Wildman–Crippen MR) is 86.0 cm³/mol. The monoisotopic (exact) mass is 301 g/mol. The van der Waals surface area contributed by atoms with Gasteiger partial charge in [0, 0.05) is 31.6 Å². The van der Waals surface area contributed by atoms with Gasteiger partial charge < -0.3 is 10.2 Å². The first kappa shape index (κ1) is 15.0. The van der Waals surface area contributed by atoms with Crippen molar-refractivity contribution in [3.8, 4) is 0 Å². The Bertz CT molecular complexity index is 721. The number of amides is 1. The van der Waals surface area contributed by atoms with Gasteiger partial charge in [-0.05, 0) is 39.8 Å². The number of carbonyl (C=O) groups excluding carboxylic acids is 1. The molecule has 1 N–H and O–H groups in total. The maximum Gasteiger partial charge on any atom is 0.255 e. The Labute approximate surface area is 130 Å². The molecule has 0 saturated carbocycles. The molecule has 22 heavy (non-hydrogen) atoms. The van der Waals surface area contributed by atoms with Crippen molar-refractivity contribution in [2.24, 2.45) is 7.05 Å². The Morgan fingerprint density at radius 1 is 1.36 bits per heavy atom. The van der Waals surface area contributed by atoms with Crippen LogP contribution < -0.4 is 5.32 Å². The van der Waals surface area contributed by atoms with Gasteiger partial charge in [-0.25, -0.2) is 4.98 Å². The molecule has 2 aromatic rings. The summed E-state index contributed by atoms with van der Waals surface area (Å²) in [5.41, 5.74) is 3.21. The lowest BCUT2D eigenvalue weighted by Crippen LogP contribution is -2.47. The van der Waals surface area contributed by atoms with Crippen molar-refractivity contribution in [2.75, 3.05) is 20.1 Å². The van der Waals surface area contributed by atoms with Gasteiger partial charge in [-0.1, -0.05) is 0 Å². The molecule has 0 bridgehead atoms. The number of piperidine rings is 1. The average molecular weight is 301 g/mol. The van der Waals surface area contributed by atoms with Crippen LogP contribution in [0.2, 0.25) is 0 Å². The third-order valence-corrected chi connectivity index (χ3v) is 4.54. The second kappa shape index (κ2) is 5.68. The number of hydrogen-bond acceptors (Lipinski definition) is 4. The maximum absolute atomic E-state index is 12.9. The highest BCUT2D eigenvalue weighted by Gasteiger charge is 2.25. The number of aromatic nitrogens is 3. The number of rotatable bonds is 2. The molecule has 1 aliphatic rings. The molecule has 1 atom stereocenters. The average Bonchev–Trinajstić information content (AvgIpc) is 2.80. The predicted octanol–water partition coefficient (Wildman–Crippen LogP) is 1.41. The van der Waals surface area contributed by atoms with Crippen molar-refractivity contribution in [1.29, 1.82) is 0 Å². The van der Waals surface area contributed by atoms with Crippen LogP contribution in [0.15, 0.2) is 6.07 Å². The van der Waals surface area contributed by atoms with Gasteiger partial charge in [-0.2, -0.15) is 5.10 Å². The van der Waals surface area contributed by atoms with Crippen molar-refractivity contribution in [3.63, 3.8) is 0 Å². The zero-order chi connectivity index (χ0) is 15.9. The lowest BCUT2D eigenvalue weighted by Gasteiger charge is -2.32. The molecular formula is C16H23N5O. The SMILES string of the molecule is CNC1CCCN(C(=O)c2cc3c(C)nn(C)c3nc2C)C1. The van der Waals surface area contributed by atoms with Crippen LogP contribution in [0, 0.1) is 13.8 Å². The highest BCUT2D eigenvalue weighted by Crippen LogP contribution is 2.22. The number of carbonyl (C=O) groups is 1. The summed E-state index contributed by atoms with van der Waals surface area (Å²) in [6.45, 7) is 5.43. The third-order valence-electron chi connectivity index (χ3n) is 4.54. The van der Waals surface area contributed by atoms with Crippen LogP contribution in [0.5, 0.6) is 0 Å². The summed E-state index contributed by atoms with van der Waals surface area (Å²) in [4.78, 5) is 19.4. The number of nitrogens with zero attached hydrogens (tertiary/aromatic N) is 4. The van der Waals surface area contributed by atoms with Crippen LogP contribution in [-0.4, -0.2) is 51.8 Å². The first-order valence-electron chi connectivity index (χ1n) is 7.78. The van der Waals surface area contributed by atoms with Crippen LogP contribution in [0.1, 0.15) is 34.6 Å². The molecule has 0 aliphatic carbocycles. The molecule has 1 saturated heterocycles. The number of aryl methyl sites for hydroxylation is 3. The van der Waals surface area contributed by atoms with Gasteiger partial charge in [-0.3, -0.25) is 9.48 Å². The topological polar surface area (TPSA) is 63.1 Å². The number of fused-ring (bicyclic) bond motifs is 1. The van der Waals surface area contributed by atoms with E-state index in [4.69, 9.17) is 0 Å². The first-order valence-corrected chi connectivity index (χ1v) is 7.78. The number of hydrogen-bond donors (Lipinski definition) is 1. The van der Waals surface area contributed by atoms with Crippen LogP contribution in [0.25, 0.3) is 11.0 Å². The first-order chi connectivity index (χ1) is 10.5. The summed E-state index contributed by atoms with van der Waals surface area (Å²) in [5.74, 6) is 0.0788. The van der Waals surface area contributed by atoms with E-state index in [9.17, 15) is 4.79 Å². The summed E-state index contributed by atoms with van der Waals surface area (Å²) in [6.07, 6.45) is 2.16. The van der Waals surface area contributed by atoms with Gasteiger partial charge in [0.1, 0.15) is 0 Å². The van der Waals surface area contributed by atoms with E-state index < -0.39 is 0 Å². The van der Waals surface area contributed by atoms with E-state index in [1.165, 1.54) is 0 Å². The van der Waals surface area contributed by atoms with E-state index >= 15 is 0 Å². The standard InChI is InChI=1S/C16H23N5O/c1-10-14(8-13-11(2)19-20(4)15(13)18-10)16(22)21-7-5-6-12(9-21)17-3/h8,12,17H,5-7,9H2,1-4H3. The van der Waals surface area contributed by atoms with Crippen molar-refractivity contribution in [2.45, 2.75) is 32.7 Å². The van der Waals surface area contributed by atoms with Crippen molar-refractivity contribution in [1.82, 2.24) is 25.0 Å². The minimum Gasteiger partial charge on any atom is -0.337 e. The lowest BCUT2D eigenvalue weighted by atomic mass is 10.0. The van der Waals surface area contributed by atoms with E-state index in [1.54, 1.807) is 4.68 Å². The van der Waals surface area contributed by atoms with Gasteiger partial charge >= 0.3 is 0 Å². The molecule has 1 aliphatic heterocycles. The summed E-state index contributed by atoms with van der Waals surface area (Å²) in [7, 11) is 3.84. The zero-order valence-electron chi connectivity index (χ0n) is 13.7. The smallest absolute Gasteiger partial charge is 0.255 e. The summed E-state index contributed by atoms with van der Waals surface area (Å²) in [5, 5.41) is 8.62. The molecule has 1 unspecified atom stereocenters. The van der Waals surface area contributed by atoms with Crippen molar-refractivity contribution >= 4 is 16.9 Å². The second-order valence-corrected chi connectivity index (χ2v) is 6.08. The third kappa shape index (κ3) is 2.47. The molecule has 3 rings (SSSR count). The van der Waals surface area contributed by atoms with Gasteiger partial charge in [0.15, 0.2) is 5.65 Å². The van der Waals surface area contributed by atoms with Crippen molar-refractivity contribution < 1.29 is 4.79 Å². The molecule has 6 heteroatoms. The largest absolute Gasteiger partial charge is 0.337 e. The molecule has 0 spiro atoms. The lowest BCUT2D eigenvalue weighted by molar-refractivity contribution is 0.0697. The van der Waals surface area contributed by atoms with Gasteiger partial charge in [0.25, 0.3) is 5.91 Å². The molecular weight excluding hydrogens is 278 g/mol. The molecule has 2 aromatic heterocycles. The Hall–Kier alpha value is -1.95. The Kier molecular flexibility index (Phi) is 3.87. The minimum absolute atomic E-state index is 0.0788. The summed E-state index contributed by atoms with van der Waals surface area (Å²) in [6, 6.07) is 2.33. The zero-order valence-corrected chi connectivity index (χ0v) is 13.7. The second-order valence-electron chi connectivity index (χ2n) is 6.08. The normalized spacial score (nSPS) is 18.9. The number of likely N-dealkylation sites (tertiary alicyclic amines) is 1. The number of pyridine rings is 1. The van der Waals surface area contributed by atoms with Crippen LogP contribution >= 0.6 is 0 Å². The van der Waals surface area contributed by atoms with E-state index in [0.29, 0.717) is 11.6 Å². The van der Waals surface area contributed by atoms with Crippen LogP contribution in [0.4, 0.5) is 0 Å². The highest BCUT2D eigenvalue weighted by molar-refractivity contribution is 5.98. The van der Waals surface area contributed by atoms with E-state index in [0.717, 1.165) is 48.4 Å². The maximum atomic E-state index is 12.9. The van der Waals surface area contributed by atoms with Crippen molar-refractivity contribution in [3.05, 3.63) is 23.0 Å². The molecule has 0 radical (unpaired) electrons. The number of nitrogens with one attached hydrogen (secondary N) is 1. The highest BCUT2D eigenvalue weighted by atomic mass is 16.2. The Balaban J connectivity index is 1.96. The van der Waals surface area contributed by atoms with E-state index in [2.05, 4.69) is 15.4 Å². The van der Waals surface area contributed by atoms with E-state index in [1.807, 2.05) is 38.9 Å². The van der Waals surface area contributed by atoms with Gasteiger partial charge in [0.05, 0.1) is 17.0 Å². The minimum atomic E-state index is 0.0788. The quantitative estimate of drug-likeness (QED) is 0.911. The molecule has 1 fully saturated rings. The molecule has 3 heterocycles. The fourth-order valence-electron chi connectivity index (χ4n) is 3.22. The number of likely N-dealkylation sites (N-methyl/N-ethyl adjacent to an activating group) is 1. The molecule has 1 amide bonds. The molecule has 0 aromatic carbocycles. The summed E-state index contributed by atoms with van der Waals surface area (Å²) < 4.78 is 1.77. The fourth-order valence-corrected chi connectivity index (χ4v) is 3.22. The fraction of sp³-hybridized carbons (Fsp3) is 0.562. The Morgan fingerprint density at radius 3 is 2.86 bits per heavy atom. The molecule has 6 nitrogen and oxygen atoms in total. The summed E-state index contributed by atoms with van der Waals surface area (Å²) >= 11 is 0. The van der Waals surface area contributed by atoms with E-state index in [-0.39, 0.29) is 5.91 Å². The van der Waals surface area contributed by atoms with Crippen LogP contribution in [0.3, 0.4) is 0 Å². The molecule has 118 valence electrons. The van der Waals surface area contributed by atoms with Crippen LogP contribution in [-0.2, 0) is 7.05 Å². The van der Waals surface area contributed by atoms with Gasteiger partial charge in [0.2, 0.25) is 0 Å².